The smallest absolute Gasteiger partial charge is 0.260 e. The zero-order valence-electron chi connectivity index (χ0n) is 14.7. The topological polar surface area (TPSA) is 48.0 Å². The van der Waals surface area contributed by atoms with Crippen LogP contribution in [-0.2, 0) is 14.3 Å². The van der Waals surface area contributed by atoms with Crippen molar-refractivity contribution in [2.75, 3.05) is 40.0 Å². The molecule has 0 aromatic heterocycles. The molecule has 0 aliphatic carbocycles. The van der Waals surface area contributed by atoms with Crippen LogP contribution in [0.25, 0.3) is 0 Å². The summed E-state index contributed by atoms with van der Waals surface area (Å²) < 4.78 is 16.9. The van der Waals surface area contributed by atoms with Crippen LogP contribution in [-0.4, -0.2) is 56.4 Å². The Hall–Kier alpha value is -1.30. The average molecular weight is 368 g/mol. The second kappa shape index (κ2) is 8.39. The fourth-order valence-electron chi connectivity index (χ4n) is 3.93. The highest BCUT2D eigenvalue weighted by Gasteiger charge is 2.46. The molecular formula is C19H26ClNO4. The molecule has 1 atom stereocenters. The van der Waals surface area contributed by atoms with Crippen molar-refractivity contribution in [1.29, 1.82) is 0 Å². The first-order chi connectivity index (χ1) is 12.1. The molecule has 1 aromatic rings. The normalized spacial score (nSPS) is 22.3. The van der Waals surface area contributed by atoms with Crippen molar-refractivity contribution < 1.29 is 19.0 Å². The number of rotatable bonds is 6. The van der Waals surface area contributed by atoms with E-state index in [0.717, 1.165) is 52.0 Å². The fraction of sp³-hybridized carbons (Fsp3) is 0.632. The Kier molecular flexibility index (Phi) is 6.20. The molecule has 25 heavy (non-hydrogen) atoms. The van der Waals surface area contributed by atoms with Crippen LogP contribution in [0.5, 0.6) is 5.75 Å². The molecule has 2 saturated heterocycles. The summed E-state index contributed by atoms with van der Waals surface area (Å²) >= 11 is 5.93. The largest absolute Gasteiger partial charge is 0.484 e. The Morgan fingerprint density at radius 2 is 2.20 bits per heavy atom. The number of hydrogen-bond donors (Lipinski definition) is 0. The van der Waals surface area contributed by atoms with Crippen LogP contribution in [0.3, 0.4) is 0 Å². The van der Waals surface area contributed by atoms with Gasteiger partial charge in [0.2, 0.25) is 0 Å². The van der Waals surface area contributed by atoms with Crippen LogP contribution in [0.1, 0.15) is 25.7 Å². The molecule has 1 spiro atoms. The van der Waals surface area contributed by atoms with Crippen molar-refractivity contribution in [3.05, 3.63) is 29.3 Å². The second-order valence-electron chi connectivity index (χ2n) is 6.81. The number of carbonyl (C=O) groups is 1. The van der Waals surface area contributed by atoms with Gasteiger partial charge in [-0.25, -0.2) is 0 Å². The number of carbonyl (C=O) groups excluding carboxylic acids is 1. The number of ether oxygens (including phenoxy) is 3. The summed E-state index contributed by atoms with van der Waals surface area (Å²) in [5.41, 5.74) is -0.0663. The van der Waals surface area contributed by atoms with Gasteiger partial charge in [-0.3, -0.25) is 4.79 Å². The molecular weight excluding hydrogens is 342 g/mol. The molecule has 2 fully saturated rings. The van der Waals surface area contributed by atoms with Crippen molar-refractivity contribution in [3.8, 4) is 5.75 Å². The highest BCUT2D eigenvalue weighted by Crippen LogP contribution is 2.42. The van der Waals surface area contributed by atoms with Crippen LogP contribution < -0.4 is 4.74 Å². The third-order valence-corrected chi connectivity index (χ3v) is 5.63. The molecule has 0 unspecified atom stereocenters. The van der Waals surface area contributed by atoms with Crippen molar-refractivity contribution in [2.24, 2.45) is 5.92 Å². The van der Waals surface area contributed by atoms with E-state index in [4.69, 9.17) is 25.8 Å². The van der Waals surface area contributed by atoms with Gasteiger partial charge in [0.15, 0.2) is 6.61 Å². The lowest BCUT2D eigenvalue weighted by Gasteiger charge is -2.42. The van der Waals surface area contributed by atoms with Gasteiger partial charge in [-0.15, -0.1) is 0 Å². The monoisotopic (exact) mass is 367 g/mol. The molecule has 2 aliphatic rings. The van der Waals surface area contributed by atoms with E-state index in [1.54, 1.807) is 25.3 Å². The minimum atomic E-state index is -0.0663. The molecule has 2 aliphatic heterocycles. The Labute approximate surface area is 154 Å². The number of nitrogens with zero attached hydrogens (tertiary/aromatic N) is 1. The molecule has 0 N–H and O–H groups in total. The maximum atomic E-state index is 12.4. The molecule has 0 radical (unpaired) electrons. The van der Waals surface area contributed by atoms with E-state index in [1.807, 2.05) is 11.0 Å². The second-order valence-corrected chi connectivity index (χ2v) is 7.24. The maximum absolute atomic E-state index is 12.4. The molecule has 0 bridgehead atoms. The van der Waals surface area contributed by atoms with Crippen LogP contribution in [0.2, 0.25) is 5.02 Å². The Balaban J connectivity index is 1.49. The third-order valence-electron chi connectivity index (χ3n) is 5.39. The molecule has 3 rings (SSSR count). The van der Waals surface area contributed by atoms with Crippen LogP contribution >= 0.6 is 11.6 Å². The quantitative estimate of drug-likeness (QED) is 0.775. The number of methoxy groups -OCH3 is 1. The minimum absolute atomic E-state index is 0.0151. The van der Waals surface area contributed by atoms with Crippen LogP contribution in [0.4, 0.5) is 0 Å². The van der Waals surface area contributed by atoms with E-state index in [2.05, 4.69) is 0 Å². The summed E-state index contributed by atoms with van der Waals surface area (Å²) in [6, 6.07) is 7.11. The lowest BCUT2D eigenvalue weighted by molar-refractivity contribution is -0.139. The van der Waals surface area contributed by atoms with E-state index in [9.17, 15) is 4.79 Å². The Morgan fingerprint density at radius 1 is 1.40 bits per heavy atom. The zero-order valence-corrected chi connectivity index (χ0v) is 15.5. The van der Waals surface area contributed by atoms with Crippen molar-refractivity contribution in [3.63, 3.8) is 0 Å². The number of piperidine rings is 1. The van der Waals surface area contributed by atoms with Gasteiger partial charge in [0.25, 0.3) is 5.91 Å². The summed E-state index contributed by atoms with van der Waals surface area (Å²) in [5.74, 6) is 1.17. The summed E-state index contributed by atoms with van der Waals surface area (Å²) in [7, 11) is 1.74. The predicted octanol–water partition coefficient (Wildman–Crippen LogP) is 3.15. The lowest BCUT2D eigenvalue weighted by Crippen LogP contribution is -2.50. The fourth-order valence-corrected chi connectivity index (χ4v) is 4.11. The number of halogens is 1. The number of benzene rings is 1. The van der Waals surface area contributed by atoms with Crippen LogP contribution in [0.15, 0.2) is 24.3 Å². The highest BCUT2D eigenvalue weighted by atomic mass is 35.5. The van der Waals surface area contributed by atoms with Gasteiger partial charge in [0, 0.05) is 38.4 Å². The number of amides is 1. The van der Waals surface area contributed by atoms with Gasteiger partial charge >= 0.3 is 0 Å². The predicted molar refractivity (Wildman–Crippen MR) is 96.0 cm³/mol. The summed E-state index contributed by atoms with van der Waals surface area (Å²) in [6.07, 6.45) is 3.91. The SMILES string of the molecule is COCC[C@@H]1CCOC12CCN(C(=O)COc1cccc(Cl)c1)CC2. The first kappa shape index (κ1) is 18.5. The Bertz CT molecular complexity index is 587. The number of likely N-dealkylation sites (tertiary alicyclic amines) is 1. The van der Waals surface area contributed by atoms with E-state index < -0.39 is 0 Å². The van der Waals surface area contributed by atoms with Gasteiger partial charge in [-0.2, -0.15) is 0 Å². The molecule has 1 amide bonds. The van der Waals surface area contributed by atoms with Crippen LogP contribution in [0, 0.1) is 5.92 Å². The average Bonchev–Trinajstić information content (AvgIpc) is 3.00. The van der Waals surface area contributed by atoms with E-state index in [-0.39, 0.29) is 18.1 Å². The first-order valence-electron chi connectivity index (χ1n) is 8.92. The standard InChI is InChI=1S/C19H26ClNO4/c1-23-11-5-15-6-12-25-19(15)7-9-21(10-8-19)18(22)14-24-17-4-2-3-16(20)13-17/h2-4,13,15H,5-12,14H2,1H3/t15-/m1/s1. The molecule has 6 heteroatoms. The van der Waals surface area contributed by atoms with Gasteiger partial charge < -0.3 is 19.1 Å². The molecule has 5 nitrogen and oxygen atoms in total. The molecule has 2 heterocycles. The van der Waals surface area contributed by atoms with Gasteiger partial charge in [-0.05, 0) is 49.8 Å². The van der Waals surface area contributed by atoms with Crippen molar-refractivity contribution in [2.45, 2.75) is 31.3 Å². The summed E-state index contributed by atoms with van der Waals surface area (Å²) in [5, 5.41) is 0.602. The Morgan fingerprint density at radius 3 is 2.92 bits per heavy atom. The van der Waals surface area contributed by atoms with Crippen molar-refractivity contribution >= 4 is 17.5 Å². The van der Waals surface area contributed by atoms with Gasteiger partial charge in [0.1, 0.15) is 5.75 Å². The van der Waals surface area contributed by atoms with E-state index >= 15 is 0 Å². The zero-order chi connectivity index (χ0) is 17.7. The van der Waals surface area contributed by atoms with E-state index in [1.165, 1.54) is 0 Å². The minimum Gasteiger partial charge on any atom is -0.484 e. The number of hydrogen-bond acceptors (Lipinski definition) is 4. The molecule has 0 saturated carbocycles. The highest BCUT2D eigenvalue weighted by molar-refractivity contribution is 6.30. The third kappa shape index (κ3) is 4.46. The lowest BCUT2D eigenvalue weighted by atomic mass is 9.78. The van der Waals surface area contributed by atoms with E-state index in [0.29, 0.717) is 16.7 Å². The van der Waals surface area contributed by atoms with Gasteiger partial charge in [0.05, 0.1) is 5.60 Å². The maximum Gasteiger partial charge on any atom is 0.260 e. The van der Waals surface area contributed by atoms with Gasteiger partial charge in [-0.1, -0.05) is 17.7 Å². The van der Waals surface area contributed by atoms with Crippen molar-refractivity contribution in [1.82, 2.24) is 4.90 Å². The molecule has 138 valence electrons. The molecule has 1 aromatic carbocycles. The first-order valence-corrected chi connectivity index (χ1v) is 9.30. The summed E-state index contributed by atoms with van der Waals surface area (Å²) in [4.78, 5) is 14.3. The summed E-state index contributed by atoms with van der Waals surface area (Å²) in [6.45, 7) is 3.08.